The molecule has 1 saturated heterocycles. The van der Waals surface area contributed by atoms with Crippen LogP contribution in [-0.4, -0.2) is 41.9 Å². The Hall–Kier alpha value is -2.04. The second kappa shape index (κ2) is 7.02. The average molecular weight is 316 g/mol. The van der Waals surface area contributed by atoms with Crippen LogP contribution >= 0.6 is 0 Å². The van der Waals surface area contributed by atoms with E-state index in [1.807, 2.05) is 31.2 Å². The lowest BCUT2D eigenvalue weighted by Crippen LogP contribution is -2.55. The Kier molecular flexibility index (Phi) is 4.84. The van der Waals surface area contributed by atoms with Gasteiger partial charge in [-0.05, 0) is 37.3 Å². The quantitative estimate of drug-likeness (QED) is 0.926. The van der Waals surface area contributed by atoms with Crippen LogP contribution in [0.4, 0.5) is 0 Å². The summed E-state index contributed by atoms with van der Waals surface area (Å²) in [6, 6.07) is 7.56. The van der Waals surface area contributed by atoms with Crippen LogP contribution in [-0.2, 0) is 16.0 Å². The predicted molar refractivity (Wildman–Crippen MR) is 87.2 cm³/mol. The Balaban J connectivity index is 1.63. The number of fused-ring (bicyclic) bond motifs is 1. The van der Waals surface area contributed by atoms with Gasteiger partial charge in [-0.2, -0.15) is 0 Å². The molecule has 23 heavy (non-hydrogen) atoms. The minimum absolute atomic E-state index is 0.0297. The van der Waals surface area contributed by atoms with Crippen molar-refractivity contribution in [3.05, 3.63) is 29.8 Å². The molecule has 5 heteroatoms. The molecule has 2 heterocycles. The molecule has 2 amide bonds. The summed E-state index contributed by atoms with van der Waals surface area (Å²) in [6.45, 7) is 3.02. The largest absolute Gasteiger partial charge is 0.491 e. The number of amides is 2. The number of hydrogen-bond acceptors (Lipinski definition) is 3. The summed E-state index contributed by atoms with van der Waals surface area (Å²) >= 11 is 0. The number of ether oxygens (including phenoxy) is 1. The van der Waals surface area contributed by atoms with Crippen LogP contribution in [0.2, 0.25) is 0 Å². The van der Waals surface area contributed by atoms with Crippen LogP contribution in [0.1, 0.15) is 38.2 Å². The first-order valence-electron chi connectivity index (χ1n) is 8.49. The highest BCUT2D eigenvalue weighted by Gasteiger charge is 2.33. The van der Waals surface area contributed by atoms with E-state index in [2.05, 4.69) is 5.32 Å². The molecule has 2 aliphatic rings. The van der Waals surface area contributed by atoms with Gasteiger partial charge < -0.3 is 15.0 Å². The first-order valence-corrected chi connectivity index (χ1v) is 8.49. The highest BCUT2D eigenvalue weighted by molar-refractivity contribution is 5.88. The zero-order chi connectivity index (χ0) is 16.2. The van der Waals surface area contributed by atoms with E-state index < -0.39 is 0 Å². The molecule has 1 aromatic rings. The van der Waals surface area contributed by atoms with Crippen molar-refractivity contribution in [3.8, 4) is 5.75 Å². The molecule has 1 N–H and O–H groups in total. The monoisotopic (exact) mass is 316 g/mol. The molecule has 0 spiro atoms. The summed E-state index contributed by atoms with van der Waals surface area (Å²) in [4.78, 5) is 26.5. The second-order valence-corrected chi connectivity index (χ2v) is 6.28. The summed E-state index contributed by atoms with van der Waals surface area (Å²) in [6.07, 6.45) is 3.95. The van der Waals surface area contributed by atoms with Crippen LogP contribution in [0.3, 0.4) is 0 Å². The Morgan fingerprint density at radius 2 is 2.13 bits per heavy atom. The van der Waals surface area contributed by atoms with E-state index in [-0.39, 0.29) is 23.9 Å². The van der Waals surface area contributed by atoms with E-state index in [0.717, 1.165) is 37.0 Å². The minimum atomic E-state index is -0.326. The molecule has 0 bridgehead atoms. The van der Waals surface area contributed by atoms with Crippen LogP contribution in [0, 0.1) is 0 Å². The predicted octanol–water partition coefficient (Wildman–Crippen LogP) is 1.90. The van der Waals surface area contributed by atoms with Crippen molar-refractivity contribution in [1.29, 1.82) is 0 Å². The molecule has 5 nitrogen and oxygen atoms in total. The molecule has 2 atom stereocenters. The molecule has 0 unspecified atom stereocenters. The summed E-state index contributed by atoms with van der Waals surface area (Å²) in [5, 5.41) is 3.08. The fraction of sp³-hybridized carbons (Fsp3) is 0.556. The van der Waals surface area contributed by atoms with Crippen molar-refractivity contribution in [2.75, 3.05) is 13.2 Å². The summed E-state index contributed by atoms with van der Waals surface area (Å²) in [5.74, 6) is 0.924. The third-order valence-corrected chi connectivity index (χ3v) is 4.65. The van der Waals surface area contributed by atoms with Gasteiger partial charge in [0.25, 0.3) is 0 Å². The van der Waals surface area contributed by atoms with Gasteiger partial charge in [0.2, 0.25) is 11.8 Å². The number of likely N-dealkylation sites (tertiary alicyclic amines) is 1. The Labute approximate surface area is 137 Å². The first-order chi connectivity index (χ1) is 11.2. The molecular formula is C18H24N2O3. The molecule has 0 aliphatic carbocycles. The molecule has 2 aliphatic heterocycles. The molecule has 0 saturated carbocycles. The molecule has 0 radical (unpaired) electrons. The smallest absolute Gasteiger partial charge is 0.243 e. The van der Waals surface area contributed by atoms with E-state index in [4.69, 9.17) is 4.74 Å². The van der Waals surface area contributed by atoms with Gasteiger partial charge in [-0.3, -0.25) is 9.59 Å². The summed E-state index contributed by atoms with van der Waals surface area (Å²) in [5.41, 5.74) is 1.12. The summed E-state index contributed by atoms with van der Waals surface area (Å²) in [7, 11) is 0. The number of carbonyl (C=O) groups excluding carboxylic acids is 2. The van der Waals surface area contributed by atoms with Gasteiger partial charge in [-0.25, -0.2) is 0 Å². The Morgan fingerprint density at radius 1 is 1.30 bits per heavy atom. The number of nitrogens with one attached hydrogen (secondary N) is 1. The number of piperidine rings is 1. The number of hydrogen-bond donors (Lipinski definition) is 1. The van der Waals surface area contributed by atoms with Crippen molar-refractivity contribution in [2.24, 2.45) is 0 Å². The maximum absolute atomic E-state index is 12.6. The Morgan fingerprint density at radius 3 is 2.96 bits per heavy atom. The van der Waals surface area contributed by atoms with Crippen LogP contribution < -0.4 is 10.1 Å². The molecule has 1 aromatic carbocycles. The van der Waals surface area contributed by atoms with Crippen molar-refractivity contribution < 1.29 is 14.3 Å². The SMILES string of the molecule is CCC(=O)N1CCCC[C@H]1C(=O)N[C@H]1COc2ccccc2C1. The van der Waals surface area contributed by atoms with Gasteiger partial charge >= 0.3 is 0 Å². The highest BCUT2D eigenvalue weighted by Crippen LogP contribution is 2.24. The first kappa shape index (κ1) is 15.8. The van der Waals surface area contributed by atoms with Crippen molar-refractivity contribution in [2.45, 2.75) is 51.1 Å². The minimum Gasteiger partial charge on any atom is -0.491 e. The zero-order valence-corrected chi connectivity index (χ0v) is 13.6. The van der Waals surface area contributed by atoms with Crippen LogP contribution in [0.25, 0.3) is 0 Å². The molecule has 3 rings (SSSR count). The highest BCUT2D eigenvalue weighted by atomic mass is 16.5. The Bertz CT molecular complexity index is 587. The molecular weight excluding hydrogens is 292 g/mol. The van der Waals surface area contributed by atoms with E-state index in [1.165, 1.54) is 0 Å². The zero-order valence-electron chi connectivity index (χ0n) is 13.6. The fourth-order valence-electron chi connectivity index (χ4n) is 3.42. The van der Waals surface area contributed by atoms with E-state index in [0.29, 0.717) is 19.6 Å². The maximum atomic E-state index is 12.6. The topological polar surface area (TPSA) is 58.6 Å². The normalized spacial score (nSPS) is 23.6. The number of rotatable bonds is 3. The van der Waals surface area contributed by atoms with Crippen molar-refractivity contribution in [1.82, 2.24) is 10.2 Å². The third-order valence-electron chi connectivity index (χ3n) is 4.65. The van der Waals surface area contributed by atoms with Gasteiger partial charge in [0.05, 0.1) is 6.04 Å². The summed E-state index contributed by atoms with van der Waals surface area (Å²) < 4.78 is 5.72. The van der Waals surface area contributed by atoms with Crippen molar-refractivity contribution in [3.63, 3.8) is 0 Å². The number of carbonyl (C=O) groups is 2. The van der Waals surface area contributed by atoms with E-state index in [1.54, 1.807) is 4.90 Å². The molecule has 1 fully saturated rings. The maximum Gasteiger partial charge on any atom is 0.243 e. The van der Waals surface area contributed by atoms with Gasteiger partial charge in [0, 0.05) is 13.0 Å². The fourth-order valence-corrected chi connectivity index (χ4v) is 3.42. The molecule has 124 valence electrons. The standard InChI is InChI=1S/C18H24N2O3/c1-2-17(21)20-10-6-5-8-15(20)18(22)19-14-11-13-7-3-4-9-16(13)23-12-14/h3-4,7,9,14-15H,2,5-6,8,10-12H2,1H3,(H,19,22)/t14-,15+/m1/s1. The van der Waals surface area contributed by atoms with Crippen LogP contribution in [0.5, 0.6) is 5.75 Å². The average Bonchev–Trinajstić information content (AvgIpc) is 2.61. The van der Waals surface area contributed by atoms with Crippen molar-refractivity contribution >= 4 is 11.8 Å². The number of benzene rings is 1. The van der Waals surface area contributed by atoms with Gasteiger partial charge in [0.1, 0.15) is 18.4 Å². The third kappa shape index (κ3) is 3.49. The van der Waals surface area contributed by atoms with E-state index >= 15 is 0 Å². The number of para-hydroxylation sites is 1. The number of nitrogens with zero attached hydrogens (tertiary/aromatic N) is 1. The van der Waals surface area contributed by atoms with Crippen LogP contribution in [0.15, 0.2) is 24.3 Å². The van der Waals surface area contributed by atoms with Gasteiger partial charge in [-0.15, -0.1) is 0 Å². The van der Waals surface area contributed by atoms with E-state index in [9.17, 15) is 9.59 Å². The van der Waals surface area contributed by atoms with Gasteiger partial charge in [-0.1, -0.05) is 25.1 Å². The lowest BCUT2D eigenvalue weighted by molar-refractivity contribution is -0.142. The molecule has 0 aromatic heterocycles. The lowest BCUT2D eigenvalue weighted by Gasteiger charge is -2.36. The van der Waals surface area contributed by atoms with Gasteiger partial charge in [0.15, 0.2) is 0 Å². The lowest BCUT2D eigenvalue weighted by atomic mass is 9.99. The second-order valence-electron chi connectivity index (χ2n) is 6.28.